The van der Waals surface area contributed by atoms with E-state index in [-0.39, 0.29) is 0 Å². The first-order valence-corrected chi connectivity index (χ1v) is 9.82. The molecule has 0 unspecified atom stereocenters. The van der Waals surface area contributed by atoms with Gasteiger partial charge in [0.25, 0.3) is 0 Å². The summed E-state index contributed by atoms with van der Waals surface area (Å²) in [7, 11) is -2.92. The van der Waals surface area contributed by atoms with E-state index in [2.05, 4.69) is 10.2 Å². The van der Waals surface area contributed by atoms with Gasteiger partial charge in [-0.3, -0.25) is 4.57 Å². The number of hydrogen-bond donors (Lipinski definition) is 2. The molecule has 0 saturated carbocycles. The van der Waals surface area contributed by atoms with Crippen LogP contribution >= 0.6 is 19.5 Å². The lowest BCUT2D eigenvalue weighted by Gasteiger charge is -2.32. The van der Waals surface area contributed by atoms with Crippen molar-refractivity contribution in [3.05, 3.63) is 60.7 Å². The molecule has 118 valence electrons. The Hall–Kier alpha value is -1.26. The van der Waals surface area contributed by atoms with Crippen molar-refractivity contribution in [1.29, 1.82) is 0 Å². The first-order chi connectivity index (χ1) is 10.7. The fourth-order valence-electron chi connectivity index (χ4n) is 2.02. The highest BCUT2D eigenvalue weighted by molar-refractivity contribution is 8.07. The maximum atomic E-state index is 13.4. The minimum Gasteiger partial charge on any atom is -0.263 e. The lowest BCUT2D eigenvalue weighted by molar-refractivity contribution is 0.557. The summed E-state index contributed by atoms with van der Waals surface area (Å²) in [5, 5.41) is 6.26. The molecule has 6 heteroatoms. The summed E-state index contributed by atoms with van der Waals surface area (Å²) >= 11 is 1.47. The fraction of sp³-hybridized carbons (Fsp3) is 0.250. The fourth-order valence-corrected chi connectivity index (χ4v) is 5.50. The quantitative estimate of drug-likeness (QED) is 0.548. The summed E-state index contributed by atoms with van der Waals surface area (Å²) in [4.78, 5) is 1.04. The molecule has 0 spiro atoms. The van der Waals surface area contributed by atoms with E-state index in [0.717, 1.165) is 10.6 Å². The third kappa shape index (κ3) is 4.37. The molecule has 2 rings (SSSR count). The molecule has 2 aromatic rings. The van der Waals surface area contributed by atoms with Crippen LogP contribution in [-0.2, 0) is 4.57 Å². The monoisotopic (exact) mass is 335 g/mol. The Balaban J connectivity index is 2.38. The predicted octanol–water partition coefficient (Wildman–Crippen LogP) is 4.53. The average molecular weight is 335 g/mol. The van der Waals surface area contributed by atoms with Crippen LogP contribution in [0.1, 0.15) is 13.8 Å². The standard InChI is InChI=1S/C16H22N3OPS/c1-3-17-21(20,18-4-2)19(15-11-7-5-8-12-15)22-16-13-9-6-10-14-16/h5-14H,3-4H2,1-2H3,(H2,17,18,20). The molecule has 0 aliphatic heterocycles. The molecule has 0 aliphatic rings. The van der Waals surface area contributed by atoms with Crippen LogP contribution in [0, 0.1) is 0 Å². The van der Waals surface area contributed by atoms with Crippen LogP contribution in [0.2, 0.25) is 0 Å². The van der Waals surface area contributed by atoms with Gasteiger partial charge in [0.15, 0.2) is 0 Å². The molecule has 0 amide bonds. The number of benzene rings is 2. The highest BCUT2D eigenvalue weighted by atomic mass is 32.2. The molecule has 0 heterocycles. The van der Waals surface area contributed by atoms with Gasteiger partial charge in [-0.2, -0.15) is 0 Å². The Morgan fingerprint density at radius 3 is 1.91 bits per heavy atom. The van der Waals surface area contributed by atoms with Gasteiger partial charge in [0.2, 0.25) is 0 Å². The van der Waals surface area contributed by atoms with Crippen molar-refractivity contribution in [3.63, 3.8) is 0 Å². The Bertz CT molecular complexity index is 599. The van der Waals surface area contributed by atoms with Crippen molar-refractivity contribution in [2.75, 3.05) is 17.2 Å². The molecular weight excluding hydrogens is 313 g/mol. The summed E-state index contributed by atoms with van der Waals surface area (Å²) < 4.78 is 15.3. The molecule has 0 fully saturated rings. The van der Waals surface area contributed by atoms with E-state index < -0.39 is 7.59 Å². The second-order valence-electron chi connectivity index (χ2n) is 4.61. The first kappa shape index (κ1) is 17.1. The summed E-state index contributed by atoms with van der Waals surface area (Å²) in [6.45, 7) is 5.17. The number of anilines is 1. The SMILES string of the molecule is CCNP(=O)(NCC)N(Sc1ccccc1)c1ccccc1. The van der Waals surface area contributed by atoms with Crippen molar-refractivity contribution in [3.8, 4) is 0 Å². The van der Waals surface area contributed by atoms with Crippen molar-refractivity contribution in [2.45, 2.75) is 18.7 Å². The van der Waals surface area contributed by atoms with Gasteiger partial charge in [-0.05, 0) is 36.2 Å². The average Bonchev–Trinajstić information content (AvgIpc) is 2.55. The van der Waals surface area contributed by atoms with Crippen molar-refractivity contribution >= 4 is 25.2 Å². The van der Waals surface area contributed by atoms with E-state index in [1.165, 1.54) is 11.9 Å². The highest BCUT2D eigenvalue weighted by Crippen LogP contribution is 2.50. The Labute approximate surface area is 137 Å². The molecule has 22 heavy (non-hydrogen) atoms. The summed E-state index contributed by atoms with van der Waals surface area (Å²) in [6.07, 6.45) is 0. The Morgan fingerprint density at radius 2 is 1.41 bits per heavy atom. The molecular formula is C16H22N3OPS. The zero-order valence-electron chi connectivity index (χ0n) is 12.9. The van der Waals surface area contributed by atoms with Crippen LogP contribution in [0.25, 0.3) is 0 Å². The van der Waals surface area contributed by atoms with Gasteiger partial charge in [-0.15, -0.1) is 0 Å². The van der Waals surface area contributed by atoms with E-state index in [1.54, 1.807) is 0 Å². The molecule has 2 aromatic carbocycles. The van der Waals surface area contributed by atoms with E-state index in [4.69, 9.17) is 0 Å². The molecule has 4 nitrogen and oxygen atoms in total. The van der Waals surface area contributed by atoms with Gasteiger partial charge in [0, 0.05) is 18.0 Å². The maximum absolute atomic E-state index is 13.4. The number of nitrogens with zero attached hydrogens (tertiary/aromatic N) is 1. The topological polar surface area (TPSA) is 44.4 Å². The van der Waals surface area contributed by atoms with Gasteiger partial charge in [-0.1, -0.05) is 50.2 Å². The number of para-hydroxylation sites is 1. The second kappa shape index (κ2) is 8.39. The summed E-state index contributed by atoms with van der Waals surface area (Å²) in [6, 6.07) is 19.8. The lowest BCUT2D eigenvalue weighted by atomic mass is 10.3. The van der Waals surface area contributed by atoms with Crippen molar-refractivity contribution in [2.24, 2.45) is 0 Å². The van der Waals surface area contributed by atoms with Crippen LogP contribution in [0.5, 0.6) is 0 Å². The van der Waals surface area contributed by atoms with Gasteiger partial charge in [0.05, 0.1) is 5.69 Å². The Morgan fingerprint density at radius 1 is 0.909 bits per heavy atom. The molecule has 0 aliphatic carbocycles. The summed E-state index contributed by atoms with van der Waals surface area (Å²) in [5.41, 5.74) is 0.904. The normalized spacial score (nSPS) is 11.4. The zero-order chi connectivity index (χ0) is 15.8. The minimum atomic E-state index is -2.92. The van der Waals surface area contributed by atoms with Crippen LogP contribution in [-0.4, -0.2) is 13.1 Å². The highest BCUT2D eigenvalue weighted by Gasteiger charge is 2.30. The van der Waals surface area contributed by atoms with Gasteiger partial charge in [-0.25, -0.2) is 14.3 Å². The van der Waals surface area contributed by atoms with Crippen LogP contribution < -0.4 is 14.3 Å². The molecule has 0 atom stereocenters. The smallest absolute Gasteiger partial charge is 0.263 e. The van der Waals surface area contributed by atoms with Gasteiger partial charge < -0.3 is 0 Å². The number of hydrogen-bond acceptors (Lipinski definition) is 2. The van der Waals surface area contributed by atoms with E-state index in [9.17, 15) is 4.57 Å². The van der Waals surface area contributed by atoms with Crippen molar-refractivity contribution in [1.82, 2.24) is 10.2 Å². The first-order valence-electron chi connectivity index (χ1n) is 7.38. The third-order valence-corrected chi connectivity index (χ3v) is 6.95. The van der Waals surface area contributed by atoms with E-state index >= 15 is 0 Å². The number of rotatable bonds is 8. The molecule has 0 radical (unpaired) electrons. The van der Waals surface area contributed by atoms with E-state index in [1.807, 2.05) is 78.6 Å². The van der Waals surface area contributed by atoms with Gasteiger partial charge in [0.1, 0.15) is 0 Å². The van der Waals surface area contributed by atoms with Crippen LogP contribution in [0.15, 0.2) is 65.6 Å². The molecule has 0 saturated heterocycles. The maximum Gasteiger partial charge on any atom is 0.316 e. The molecule has 0 bridgehead atoms. The molecule has 2 N–H and O–H groups in total. The predicted molar refractivity (Wildman–Crippen MR) is 96.2 cm³/mol. The second-order valence-corrected chi connectivity index (χ2v) is 8.09. The largest absolute Gasteiger partial charge is 0.316 e. The third-order valence-electron chi connectivity index (χ3n) is 2.91. The number of nitrogens with one attached hydrogen (secondary N) is 2. The summed E-state index contributed by atoms with van der Waals surface area (Å²) in [5.74, 6) is 0. The van der Waals surface area contributed by atoms with Gasteiger partial charge >= 0.3 is 7.59 Å². The van der Waals surface area contributed by atoms with Crippen molar-refractivity contribution < 1.29 is 4.57 Å². The van der Waals surface area contributed by atoms with Crippen LogP contribution in [0.3, 0.4) is 0 Å². The van der Waals surface area contributed by atoms with E-state index in [0.29, 0.717) is 13.1 Å². The zero-order valence-corrected chi connectivity index (χ0v) is 14.6. The van der Waals surface area contributed by atoms with Crippen LogP contribution in [0.4, 0.5) is 5.69 Å². The molecule has 0 aromatic heterocycles. The Kier molecular flexibility index (Phi) is 6.52. The lowest BCUT2D eigenvalue weighted by Crippen LogP contribution is -2.32. The minimum absolute atomic E-state index is 0.628.